The van der Waals surface area contributed by atoms with Crippen molar-refractivity contribution in [3.63, 3.8) is 0 Å². The number of nitrogens with one attached hydrogen (secondary N) is 1. The molecule has 0 radical (unpaired) electrons. The van der Waals surface area contributed by atoms with Crippen LogP contribution in [-0.4, -0.2) is 56.5 Å². The zero-order valence-corrected chi connectivity index (χ0v) is 19.5. The molecule has 1 aliphatic heterocycles. The molecule has 2 aliphatic rings. The van der Waals surface area contributed by atoms with Crippen molar-refractivity contribution < 1.29 is 9.18 Å². The van der Waals surface area contributed by atoms with E-state index in [1.54, 1.807) is 12.3 Å². The molecule has 2 amide bonds. The third kappa shape index (κ3) is 4.37. The maximum Gasteiger partial charge on any atom is 0.321 e. The Hall–Kier alpha value is -3.78. The first kappa shape index (κ1) is 21.7. The predicted octanol–water partition coefficient (Wildman–Crippen LogP) is 4.40. The summed E-state index contributed by atoms with van der Waals surface area (Å²) < 4.78 is 15.9. The highest BCUT2D eigenvalue weighted by molar-refractivity contribution is 5.89. The van der Waals surface area contributed by atoms with E-state index in [1.807, 2.05) is 33.7 Å². The molecule has 178 valence electrons. The number of carbonyl (C=O) groups is 1. The van der Waals surface area contributed by atoms with Gasteiger partial charge in [-0.3, -0.25) is 9.47 Å². The average molecular weight is 471 g/mol. The zero-order chi connectivity index (χ0) is 23.8. The van der Waals surface area contributed by atoms with E-state index in [9.17, 15) is 9.18 Å². The van der Waals surface area contributed by atoms with Gasteiger partial charge < -0.3 is 10.2 Å². The van der Waals surface area contributed by atoms with Crippen LogP contribution >= 0.6 is 0 Å². The van der Waals surface area contributed by atoms with E-state index >= 15 is 0 Å². The monoisotopic (exact) mass is 470 g/mol. The number of imidazole rings is 1. The number of urea groups is 1. The molecule has 4 aromatic rings. The van der Waals surface area contributed by atoms with Crippen molar-refractivity contribution in [1.82, 2.24) is 24.3 Å². The number of rotatable bonds is 4. The average Bonchev–Trinajstić information content (AvgIpc) is 3.48. The molecule has 0 bridgehead atoms. The lowest BCUT2D eigenvalue weighted by molar-refractivity contribution is 0.140. The van der Waals surface area contributed by atoms with Crippen LogP contribution in [0.4, 0.5) is 14.9 Å². The first-order valence-electron chi connectivity index (χ1n) is 12.1. The Kier molecular flexibility index (Phi) is 5.66. The molecule has 1 aliphatic carbocycles. The molecule has 2 aromatic carbocycles. The first-order valence-corrected chi connectivity index (χ1v) is 12.1. The Bertz CT molecular complexity index is 1390. The van der Waals surface area contributed by atoms with Crippen molar-refractivity contribution in [2.75, 3.05) is 31.5 Å². The van der Waals surface area contributed by atoms with Crippen molar-refractivity contribution in [3.8, 4) is 5.69 Å². The van der Waals surface area contributed by atoms with E-state index in [0.29, 0.717) is 31.0 Å². The van der Waals surface area contributed by atoms with Gasteiger partial charge in [-0.05, 0) is 72.9 Å². The topological polar surface area (TPSA) is 66.3 Å². The van der Waals surface area contributed by atoms with Gasteiger partial charge in [0.25, 0.3) is 0 Å². The second-order valence-corrected chi connectivity index (χ2v) is 9.22. The molecule has 0 spiro atoms. The molecule has 35 heavy (non-hydrogen) atoms. The molecule has 0 unspecified atom stereocenters. The van der Waals surface area contributed by atoms with Gasteiger partial charge in [-0.2, -0.15) is 0 Å². The molecule has 6 rings (SSSR count). The summed E-state index contributed by atoms with van der Waals surface area (Å²) in [7, 11) is 0. The Labute approximate surface area is 203 Å². The van der Waals surface area contributed by atoms with Crippen molar-refractivity contribution in [1.29, 1.82) is 0 Å². The number of fused-ring (bicyclic) bond motifs is 2. The molecular formula is C27H27FN6O. The van der Waals surface area contributed by atoms with Crippen LogP contribution in [0.1, 0.15) is 23.4 Å². The second-order valence-electron chi connectivity index (χ2n) is 9.22. The Morgan fingerprint density at radius 3 is 2.69 bits per heavy atom. The third-order valence-electron chi connectivity index (χ3n) is 6.93. The number of benzene rings is 2. The molecule has 0 saturated carbocycles. The fourth-order valence-corrected chi connectivity index (χ4v) is 5.11. The van der Waals surface area contributed by atoms with Gasteiger partial charge in [0, 0.05) is 38.1 Å². The van der Waals surface area contributed by atoms with Gasteiger partial charge in [-0.15, -0.1) is 0 Å². The lowest BCUT2D eigenvalue weighted by Gasteiger charge is -2.34. The van der Waals surface area contributed by atoms with E-state index in [-0.39, 0.29) is 11.8 Å². The number of halogens is 1. The molecule has 1 saturated heterocycles. The zero-order valence-electron chi connectivity index (χ0n) is 19.5. The van der Waals surface area contributed by atoms with Gasteiger partial charge in [0.2, 0.25) is 0 Å². The quantitative estimate of drug-likeness (QED) is 0.480. The summed E-state index contributed by atoms with van der Waals surface area (Å²) in [6.45, 7) is 3.33. The highest BCUT2D eigenvalue weighted by Gasteiger charge is 2.24. The Morgan fingerprint density at radius 1 is 0.971 bits per heavy atom. The van der Waals surface area contributed by atoms with Crippen LogP contribution in [0, 0.1) is 5.82 Å². The van der Waals surface area contributed by atoms with Crippen LogP contribution < -0.4 is 5.32 Å². The minimum absolute atomic E-state index is 0.0567. The number of anilines is 1. The van der Waals surface area contributed by atoms with Crippen LogP contribution in [0.15, 0.2) is 60.8 Å². The van der Waals surface area contributed by atoms with Crippen LogP contribution in [-0.2, 0) is 19.4 Å². The Morgan fingerprint density at radius 2 is 1.83 bits per heavy atom. The summed E-state index contributed by atoms with van der Waals surface area (Å²) in [5, 5.41) is 3.07. The number of hydrogen-bond donors (Lipinski definition) is 1. The van der Waals surface area contributed by atoms with Crippen LogP contribution in [0.3, 0.4) is 0 Å². The van der Waals surface area contributed by atoms with E-state index in [2.05, 4.69) is 27.3 Å². The number of aromatic nitrogens is 3. The number of carbonyl (C=O) groups excluding carboxylic acids is 1. The standard InChI is InChI=1S/C27H27FN6O/c28-21-6-2-7-23(17-21)34-25(31-24-8-3-11-29-26(24)34)18-32-12-14-33(15-13-32)27(35)30-22-10-9-19-4-1-5-20(19)16-22/h2-3,6-11,16-17H,1,4-5,12-15,18H2,(H,30,35). The maximum absolute atomic E-state index is 14.0. The molecule has 0 atom stereocenters. The van der Waals surface area contributed by atoms with E-state index < -0.39 is 0 Å². The third-order valence-corrected chi connectivity index (χ3v) is 6.93. The Balaban J connectivity index is 1.14. The molecule has 1 fully saturated rings. The predicted molar refractivity (Wildman–Crippen MR) is 133 cm³/mol. The number of nitrogens with zero attached hydrogens (tertiary/aromatic N) is 5. The van der Waals surface area contributed by atoms with Crippen LogP contribution in [0.5, 0.6) is 0 Å². The SMILES string of the molecule is O=C(Nc1ccc2c(c1)CCC2)N1CCN(Cc2nc3cccnc3n2-c2cccc(F)c2)CC1. The molecule has 1 N–H and O–H groups in total. The molecule has 2 aromatic heterocycles. The number of aryl methyl sites for hydroxylation is 2. The number of pyridine rings is 1. The van der Waals surface area contributed by atoms with Gasteiger partial charge in [-0.25, -0.2) is 19.2 Å². The molecule has 7 nitrogen and oxygen atoms in total. The summed E-state index contributed by atoms with van der Waals surface area (Å²) in [5.74, 6) is 0.509. The van der Waals surface area contributed by atoms with Gasteiger partial charge in [0.1, 0.15) is 17.2 Å². The minimum Gasteiger partial charge on any atom is -0.322 e. The number of amides is 2. The highest BCUT2D eigenvalue weighted by Crippen LogP contribution is 2.25. The molecule has 3 heterocycles. The second kappa shape index (κ2) is 9.11. The molecular weight excluding hydrogens is 443 g/mol. The van der Waals surface area contributed by atoms with Crippen LogP contribution in [0.2, 0.25) is 0 Å². The summed E-state index contributed by atoms with van der Waals surface area (Å²) in [4.78, 5) is 26.3. The largest absolute Gasteiger partial charge is 0.322 e. The highest BCUT2D eigenvalue weighted by atomic mass is 19.1. The summed E-state index contributed by atoms with van der Waals surface area (Å²) >= 11 is 0. The van der Waals surface area contributed by atoms with E-state index in [1.165, 1.54) is 29.7 Å². The van der Waals surface area contributed by atoms with Gasteiger partial charge in [0.05, 0.1) is 12.2 Å². The van der Waals surface area contributed by atoms with Crippen molar-refractivity contribution in [3.05, 3.63) is 83.6 Å². The summed E-state index contributed by atoms with van der Waals surface area (Å²) in [5.41, 5.74) is 5.81. The van der Waals surface area contributed by atoms with Gasteiger partial charge in [-0.1, -0.05) is 12.1 Å². The van der Waals surface area contributed by atoms with E-state index in [4.69, 9.17) is 4.98 Å². The van der Waals surface area contributed by atoms with Crippen molar-refractivity contribution in [2.45, 2.75) is 25.8 Å². The first-order chi connectivity index (χ1) is 17.1. The van der Waals surface area contributed by atoms with Crippen molar-refractivity contribution >= 4 is 22.9 Å². The lowest BCUT2D eigenvalue weighted by atomic mass is 10.1. The van der Waals surface area contributed by atoms with E-state index in [0.717, 1.165) is 43.0 Å². The smallest absolute Gasteiger partial charge is 0.321 e. The summed E-state index contributed by atoms with van der Waals surface area (Å²) in [6, 6.07) is 16.5. The maximum atomic E-state index is 14.0. The summed E-state index contributed by atoms with van der Waals surface area (Å²) in [6.07, 6.45) is 5.14. The van der Waals surface area contributed by atoms with Crippen LogP contribution in [0.25, 0.3) is 16.9 Å². The number of piperazine rings is 1. The fraction of sp³-hybridized carbons (Fsp3) is 0.296. The number of hydrogen-bond acceptors (Lipinski definition) is 4. The van der Waals surface area contributed by atoms with Gasteiger partial charge >= 0.3 is 6.03 Å². The van der Waals surface area contributed by atoms with Gasteiger partial charge in [0.15, 0.2) is 5.65 Å². The fourth-order valence-electron chi connectivity index (χ4n) is 5.11. The normalized spacial score (nSPS) is 16.0. The molecule has 8 heteroatoms. The lowest BCUT2D eigenvalue weighted by Crippen LogP contribution is -2.49. The minimum atomic E-state index is -0.297. The van der Waals surface area contributed by atoms with Crippen molar-refractivity contribution in [2.24, 2.45) is 0 Å².